The molecule has 0 aliphatic carbocycles. The lowest BCUT2D eigenvalue weighted by Gasteiger charge is -2.21. The van der Waals surface area contributed by atoms with Gasteiger partial charge in [-0.25, -0.2) is 9.89 Å². The number of hydrogen-bond acceptors (Lipinski definition) is 7. The van der Waals surface area contributed by atoms with Crippen molar-refractivity contribution in [3.05, 3.63) is 40.6 Å². The van der Waals surface area contributed by atoms with Crippen molar-refractivity contribution < 1.29 is 19.1 Å². The molecule has 0 atom stereocenters. The molecule has 2 aromatic heterocycles. The van der Waals surface area contributed by atoms with Crippen LogP contribution in [-0.2, 0) is 16.0 Å². The molecular weight excluding hydrogens is 380 g/mol. The fourth-order valence-corrected chi connectivity index (χ4v) is 3.16. The molecule has 29 heavy (non-hydrogen) atoms. The molecule has 0 bridgehead atoms. The summed E-state index contributed by atoms with van der Waals surface area (Å²) in [6.45, 7) is 2.54. The molecule has 1 aromatic carbocycles. The number of benzene rings is 1. The highest BCUT2D eigenvalue weighted by atomic mass is 16.4. The lowest BCUT2D eigenvalue weighted by Crippen LogP contribution is -2.35. The number of H-pyrrole nitrogens is 2. The number of amides is 1. The van der Waals surface area contributed by atoms with Crippen molar-refractivity contribution in [3.8, 4) is 0 Å². The fraction of sp³-hybridized carbons (Fsp3) is 0.389. The first kappa shape index (κ1) is 20.1. The van der Waals surface area contributed by atoms with E-state index in [4.69, 9.17) is 14.3 Å². The van der Waals surface area contributed by atoms with E-state index in [1.165, 1.54) is 0 Å². The van der Waals surface area contributed by atoms with Gasteiger partial charge >= 0.3 is 5.69 Å². The number of para-hydroxylation sites is 2. The number of carboxylic acid groups (broad SMARTS) is 1. The van der Waals surface area contributed by atoms with E-state index in [0.29, 0.717) is 44.3 Å². The molecule has 11 heteroatoms. The molecule has 3 aromatic rings. The predicted molar refractivity (Wildman–Crippen MR) is 104 cm³/mol. The standard InChI is InChI=1S/C17H20N6O3.CH2O2/c24-15(7-6-14-19-16(25)21-20-14)22-8-3-9-23(11-10-22)17-18-12-4-1-2-5-13(12)26-17;2-1-3/h1-2,4-5H,3,6-11H2,(H2,19,20,21,25);1H,(H,2,3). The molecule has 1 aliphatic heterocycles. The maximum Gasteiger partial charge on any atom is 0.340 e. The zero-order chi connectivity index (χ0) is 20.6. The average molecular weight is 402 g/mol. The number of oxazole rings is 1. The van der Waals surface area contributed by atoms with Gasteiger partial charge in [-0.1, -0.05) is 12.1 Å². The summed E-state index contributed by atoms with van der Waals surface area (Å²) >= 11 is 0. The van der Waals surface area contributed by atoms with Crippen LogP contribution in [0.15, 0.2) is 33.5 Å². The quantitative estimate of drug-likeness (QED) is 0.538. The van der Waals surface area contributed by atoms with Crippen molar-refractivity contribution in [3.63, 3.8) is 0 Å². The van der Waals surface area contributed by atoms with E-state index < -0.39 is 0 Å². The van der Waals surface area contributed by atoms with Gasteiger partial charge in [0.15, 0.2) is 5.58 Å². The van der Waals surface area contributed by atoms with Crippen LogP contribution in [0.2, 0.25) is 0 Å². The Morgan fingerprint density at radius 1 is 1.24 bits per heavy atom. The number of fused-ring (bicyclic) bond motifs is 1. The van der Waals surface area contributed by atoms with Gasteiger partial charge in [0.2, 0.25) is 5.91 Å². The minimum Gasteiger partial charge on any atom is -0.483 e. The number of aromatic amines is 2. The Hall–Kier alpha value is -3.63. The third kappa shape index (κ3) is 5.21. The van der Waals surface area contributed by atoms with Crippen LogP contribution in [-0.4, -0.2) is 68.7 Å². The first-order chi connectivity index (χ1) is 14.1. The second-order valence-electron chi connectivity index (χ2n) is 6.42. The molecule has 0 saturated carbocycles. The van der Waals surface area contributed by atoms with Gasteiger partial charge in [0.1, 0.15) is 11.3 Å². The highest BCUT2D eigenvalue weighted by Crippen LogP contribution is 2.22. The Morgan fingerprint density at radius 3 is 2.76 bits per heavy atom. The minimum atomic E-state index is -0.351. The monoisotopic (exact) mass is 402 g/mol. The summed E-state index contributed by atoms with van der Waals surface area (Å²) in [6, 6.07) is 8.29. The number of aryl methyl sites for hydroxylation is 1. The average Bonchev–Trinajstić information content (AvgIpc) is 3.25. The molecule has 3 N–H and O–H groups in total. The van der Waals surface area contributed by atoms with Gasteiger partial charge in [-0.2, -0.15) is 10.1 Å². The molecule has 0 spiro atoms. The number of nitrogens with one attached hydrogen (secondary N) is 2. The van der Waals surface area contributed by atoms with E-state index in [-0.39, 0.29) is 18.1 Å². The molecule has 0 radical (unpaired) electrons. The molecular formula is C18H22N6O5. The normalized spacial score (nSPS) is 14.2. The van der Waals surface area contributed by atoms with Gasteiger partial charge in [-0.15, -0.1) is 0 Å². The summed E-state index contributed by atoms with van der Waals surface area (Å²) in [5, 5.41) is 13.0. The summed E-state index contributed by atoms with van der Waals surface area (Å²) in [5.41, 5.74) is 1.26. The van der Waals surface area contributed by atoms with Crippen LogP contribution in [0, 0.1) is 0 Å². The Morgan fingerprint density at radius 2 is 2.03 bits per heavy atom. The summed E-state index contributed by atoms with van der Waals surface area (Å²) in [4.78, 5) is 42.9. The first-order valence-electron chi connectivity index (χ1n) is 9.20. The van der Waals surface area contributed by atoms with Crippen molar-refractivity contribution >= 4 is 29.5 Å². The Kier molecular flexibility index (Phi) is 6.61. The molecule has 1 aliphatic rings. The summed E-state index contributed by atoms with van der Waals surface area (Å²) < 4.78 is 5.83. The highest BCUT2D eigenvalue weighted by Gasteiger charge is 2.22. The van der Waals surface area contributed by atoms with E-state index in [1.807, 2.05) is 29.2 Å². The van der Waals surface area contributed by atoms with Gasteiger partial charge < -0.3 is 19.3 Å². The maximum absolute atomic E-state index is 12.5. The summed E-state index contributed by atoms with van der Waals surface area (Å²) in [6.07, 6.45) is 1.59. The van der Waals surface area contributed by atoms with Gasteiger partial charge in [-0.05, 0) is 18.6 Å². The van der Waals surface area contributed by atoms with Crippen LogP contribution in [0.3, 0.4) is 0 Å². The summed E-state index contributed by atoms with van der Waals surface area (Å²) in [7, 11) is 0. The zero-order valence-electron chi connectivity index (χ0n) is 15.7. The van der Waals surface area contributed by atoms with Crippen LogP contribution in [0.25, 0.3) is 11.1 Å². The van der Waals surface area contributed by atoms with Crippen LogP contribution in [0.1, 0.15) is 18.7 Å². The third-order valence-electron chi connectivity index (χ3n) is 4.53. The van der Waals surface area contributed by atoms with E-state index in [0.717, 1.165) is 24.1 Å². The second-order valence-corrected chi connectivity index (χ2v) is 6.42. The fourth-order valence-electron chi connectivity index (χ4n) is 3.16. The molecule has 1 fully saturated rings. The largest absolute Gasteiger partial charge is 0.483 e. The molecule has 3 heterocycles. The van der Waals surface area contributed by atoms with Gasteiger partial charge in [0, 0.05) is 39.0 Å². The highest BCUT2D eigenvalue weighted by molar-refractivity contribution is 5.76. The van der Waals surface area contributed by atoms with Crippen molar-refractivity contribution in [2.45, 2.75) is 19.3 Å². The van der Waals surface area contributed by atoms with Gasteiger partial charge in [0.25, 0.3) is 12.5 Å². The van der Waals surface area contributed by atoms with Crippen LogP contribution < -0.4 is 10.6 Å². The van der Waals surface area contributed by atoms with E-state index >= 15 is 0 Å². The molecule has 1 amide bonds. The number of aromatic nitrogens is 4. The third-order valence-corrected chi connectivity index (χ3v) is 4.53. The Labute approximate surface area is 165 Å². The molecule has 1 saturated heterocycles. The first-order valence-corrected chi connectivity index (χ1v) is 9.20. The number of hydrogen-bond donors (Lipinski definition) is 3. The lowest BCUT2D eigenvalue weighted by molar-refractivity contribution is -0.131. The van der Waals surface area contributed by atoms with Gasteiger partial charge in [-0.3, -0.25) is 14.6 Å². The number of anilines is 1. The zero-order valence-corrected chi connectivity index (χ0v) is 15.7. The number of nitrogens with zero attached hydrogens (tertiary/aromatic N) is 4. The van der Waals surface area contributed by atoms with Crippen molar-refractivity contribution in [1.82, 2.24) is 25.1 Å². The molecule has 4 rings (SSSR count). The Balaban J connectivity index is 0.000000755. The van der Waals surface area contributed by atoms with E-state index in [1.54, 1.807) is 0 Å². The lowest BCUT2D eigenvalue weighted by atomic mass is 10.2. The van der Waals surface area contributed by atoms with Crippen molar-refractivity contribution in [1.29, 1.82) is 0 Å². The SMILES string of the molecule is O=C(CCc1n[nH]c(=O)[nH]1)N1CCCN(c2nc3ccccc3o2)CC1.O=CO. The number of carbonyl (C=O) groups is 2. The molecule has 11 nitrogen and oxygen atoms in total. The predicted octanol–water partition coefficient (Wildman–Crippen LogP) is 0.612. The second kappa shape index (κ2) is 9.53. The van der Waals surface area contributed by atoms with Gasteiger partial charge in [0.05, 0.1) is 0 Å². The van der Waals surface area contributed by atoms with Crippen molar-refractivity contribution in [2.24, 2.45) is 0 Å². The van der Waals surface area contributed by atoms with Crippen LogP contribution in [0.5, 0.6) is 0 Å². The topological polar surface area (TPSA) is 148 Å². The maximum atomic E-state index is 12.5. The molecule has 0 unspecified atom stereocenters. The number of rotatable bonds is 4. The smallest absolute Gasteiger partial charge is 0.340 e. The summed E-state index contributed by atoms with van der Waals surface area (Å²) in [5.74, 6) is 0.569. The van der Waals surface area contributed by atoms with E-state index in [9.17, 15) is 9.59 Å². The van der Waals surface area contributed by atoms with E-state index in [2.05, 4.69) is 25.1 Å². The van der Waals surface area contributed by atoms with Crippen LogP contribution in [0.4, 0.5) is 6.01 Å². The van der Waals surface area contributed by atoms with Crippen molar-refractivity contribution in [2.75, 3.05) is 31.1 Å². The minimum absolute atomic E-state index is 0.0632. The van der Waals surface area contributed by atoms with Crippen LogP contribution >= 0.6 is 0 Å². The Bertz CT molecular complexity index is 976. The number of carbonyl (C=O) groups excluding carboxylic acids is 1. The molecule has 154 valence electrons.